The molecule has 26 heavy (non-hydrogen) atoms. The maximum Gasteiger partial charge on any atom is 0.374 e. The predicted octanol–water partition coefficient (Wildman–Crippen LogP) is 4.80. The van der Waals surface area contributed by atoms with Gasteiger partial charge < -0.3 is 13.7 Å². The maximum atomic E-state index is 12.5. The molecule has 0 bridgehead atoms. The summed E-state index contributed by atoms with van der Waals surface area (Å²) >= 11 is 3.42. The Morgan fingerprint density at radius 3 is 2.38 bits per heavy atom. The quantitative estimate of drug-likeness (QED) is 0.443. The average molecular weight is 416 g/mol. The second kappa shape index (κ2) is 7.33. The lowest BCUT2D eigenvalue weighted by Gasteiger charge is -2.10. The first-order valence-electron chi connectivity index (χ1n) is 8.08. The molecule has 0 N–H and O–H groups in total. The standard InChI is InChI=1S/C20H18BrNO4/c1-12-10-17(14(3)22(12)16-7-5-15(21)6-8-16)18(23)11-25-20(24)19-9-4-13(2)26-19/h4-10H,11H2,1-3H3. The summed E-state index contributed by atoms with van der Waals surface area (Å²) in [5.41, 5.74) is 3.24. The number of benzene rings is 1. The van der Waals surface area contributed by atoms with Gasteiger partial charge in [-0.05, 0) is 63.2 Å². The number of carbonyl (C=O) groups is 2. The molecule has 2 aromatic heterocycles. The summed E-state index contributed by atoms with van der Waals surface area (Å²) in [7, 11) is 0. The smallest absolute Gasteiger partial charge is 0.374 e. The molecule has 0 saturated carbocycles. The van der Waals surface area contributed by atoms with Gasteiger partial charge in [-0.15, -0.1) is 0 Å². The van der Waals surface area contributed by atoms with E-state index in [0.717, 1.165) is 21.5 Å². The lowest BCUT2D eigenvalue weighted by molar-refractivity contribution is 0.0442. The van der Waals surface area contributed by atoms with Crippen molar-refractivity contribution < 1.29 is 18.7 Å². The molecular formula is C20H18BrNO4. The fourth-order valence-corrected chi connectivity index (χ4v) is 3.12. The van der Waals surface area contributed by atoms with Gasteiger partial charge in [0.25, 0.3) is 0 Å². The van der Waals surface area contributed by atoms with Crippen molar-refractivity contribution in [1.82, 2.24) is 4.57 Å². The minimum absolute atomic E-state index is 0.0932. The van der Waals surface area contributed by atoms with Crippen LogP contribution in [-0.2, 0) is 4.74 Å². The van der Waals surface area contributed by atoms with Crippen LogP contribution in [0.4, 0.5) is 0 Å². The number of ether oxygens (including phenoxy) is 1. The number of esters is 1. The summed E-state index contributed by atoms with van der Waals surface area (Å²) in [6.45, 7) is 5.21. The van der Waals surface area contributed by atoms with Gasteiger partial charge in [0.05, 0.1) is 0 Å². The van der Waals surface area contributed by atoms with Crippen molar-refractivity contribution >= 4 is 27.7 Å². The average Bonchev–Trinajstić information content (AvgIpc) is 3.17. The minimum atomic E-state index is -0.645. The molecule has 1 aromatic carbocycles. The molecule has 0 amide bonds. The number of carbonyl (C=O) groups excluding carboxylic acids is 2. The Balaban J connectivity index is 1.77. The van der Waals surface area contributed by atoms with E-state index < -0.39 is 5.97 Å². The monoisotopic (exact) mass is 415 g/mol. The van der Waals surface area contributed by atoms with E-state index in [2.05, 4.69) is 15.9 Å². The Bertz CT molecular complexity index is 966. The van der Waals surface area contributed by atoms with Crippen LogP contribution in [0.3, 0.4) is 0 Å². The Hall–Kier alpha value is -2.60. The number of hydrogen-bond donors (Lipinski definition) is 0. The number of nitrogens with zero attached hydrogens (tertiary/aromatic N) is 1. The SMILES string of the molecule is Cc1ccc(C(=O)OCC(=O)c2cc(C)n(-c3ccc(Br)cc3)c2C)o1. The van der Waals surface area contributed by atoms with Crippen LogP contribution in [0.2, 0.25) is 0 Å². The van der Waals surface area contributed by atoms with Crippen molar-refractivity contribution in [2.24, 2.45) is 0 Å². The Morgan fingerprint density at radius 2 is 1.77 bits per heavy atom. The van der Waals surface area contributed by atoms with Gasteiger partial charge in [0.1, 0.15) is 5.76 Å². The van der Waals surface area contributed by atoms with Crippen molar-refractivity contribution in [2.45, 2.75) is 20.8 Å². The van der Waals surface area contributed by atoms with E-state index in [0.29, 0.717) is 11.3 Å². The number of ketones is 1. The summed E-state index contributed by atoms with van der Waals surface area (Å²) in [6.07, 6.45) is 0. The Morgan fingerprint density at radius 1 is 1.08 bits per heavy atom. The molecule has 0 radical (unpaired) electrons. The number of hydrogen-bond acceptors (Lipinski definition) is 4. The van der Waals surface area contributed by atoms with Gasteiger partial charge in [-0.1, -0.05) is 15.9 Å². The summed E-state index contributed by atoms with van der Waals surface area (Å²) < 4.78 is 13.3. The van der Waals surface area contributed by atoms with Crippen molar-refractivity contribution in [1.29, 1.82) is 0 Å². The molecule has 0 aliphatic carbocycles. The number of halogens is 1. The van der Waals surface area contributed by atoms with Crippen LogP contribution in [0, 0.1) is 20.8 Å². The molecule has 0 spiro atoms. The third-order valence-electron chi connectivity index (χ3n) is 4.09. The second-order valence-corrected chi connectivity index (χ2v) is 6.92. The molecule has 0 aliphatic rings. The fourth-order valence-electron chi connectivity index (χ4n) is 2.86. The lowest BCUT2D eigenvalue weighted by Crippen LogP contribution is -2.14. The highest BCUT2D eigenvalue weighted by molar-refractivity contribution is 9.10. The number of furan rings is 1. The van der Waals surface area contributed by atoms with Crippen LogP contribution in [0.15, 0.2) is 51.4 Å². The molecule has 0 aliphatic heterocycles. The summed E-state index contributed by atoms with van der Waals surface area (Å²) in [6, 6.07) is 12.8. The van der Waals surface area contributed by atoms with Crippen LogP contribution in [0.5, 0.6) is 0 Å². The van der Waals surface area contributed by atoms with Crippen LogP contribution in [-0.4, -0.2) is 22.9 Å². The zero-order valence-corrected chi connectivity index (χ0v) is 16.3. The summed E-state index contributed by atoms with van der Waals surface area (Å²) in [5.74, 6) is -0.191. The number of rotatable bonds is 5. The van der Waals surface area contributed by atoms with E-state index in [1.54, 1.807) is 13.0 Å². The van der Waals surface area contributed by atoms with Crippen molar-refractivity contribution in [2.75, 3.05) is 6.61 Å². The van der Waals surface area contributed by atoms with Gasteiger partial charge in [0.2, 0.25) is 11.5 Å². The maximum absolute atomic E-state index is 12.5. The van der Waals surface area contributed by atoms with Gasteiger partial charge in [-0.25, -0.2) is 4.79 Å². The third kappa shape index (κ3) is 3.65. The summed E-state index contributed by atoms with van der Waals surface area (Å²) in [4.78, 5) is 24.5. The molecule has 2 heterocycles. The van der Waals surface area contributed by atoms with Crippen LogP contribution in [0.25, 0.3) is 5.69 Å². The normalized spacial score (nSPS) is 10.8. The molecule has 3 aromatic rings. The van der Waals surface area contributed by atoms with Crippen molar-refractivity contribution in [3.8, 4) is 5.69 Å². The van der Waals surface area contributed by atoms with Gasteiger partial charge in [-0.2, -0.15) is 0 Å². The number of aryl methyl sites for hydroxylation is 2. The van der Waals surface area contributed by atoms with Gasteiger partial charge >= 0.3 is 5.97 Å². The number of Topliss-reactive ketones (excluding diaryl/α,β-unsaturated/α-hetero) is 1. The van der Waals surface area contributed by atoms with Gasteiger partial charge in [-0.3, -0.25) is 4.79 Å². The van der Waals surface area contributed by atoms with Crippen molar-refractivity contribution in [3.63, 3.8) is 0 Å². The van der Waals surface area contributed by atoms with E-state index >= 15 is 0 Å². The lowest BCUT2D eigenvalue weighted by atomic mass is 10.1. The first-order chi connectivity index (χ1) is 12.4. The van der Waals surface area contributed by atoms with Crippen LogP contribution in [0.1, 0.15) is 38.1 Å². The van der Waals surface area contributed by atoms with E-state index in [1.165, 1.54) is 6.07 Å². The summed E-state index contributed by atoms with van der Waals surface area (Å²) in [5, 5.41) is 0. The zero-order valence-electron chi connectivity index (χ0n) is 14.7. The van der Waals surface area contributed by atoms with Crippen molar-refractivity contribution in [3.05, 3.63) is 75.4 Å². The van der Waals surface area contributed by atoms with Crippen LogP contribution < -0.4 is 0 Å². The molecule has 0 fully saturated rings. The Labute approximate surface area is 159 Å². The molecule has 134 valence electrons. The largest absolute Gasteiger partial charge is 0.454 e. The zero-order chi connectivity index (χ0) is 18.8. The van der Waals surface area contributed by atoms with Crippen LogP contribution >= 0.6 is 15.9 Å². The highest BCUT2D eigenvalue weighted by atomic mass is 79.9. The first-order valence-corrected chi connectivity index (χ1v) is 8.88. The first kappa shape index (κ1) is 18.2. The third-order valence-corrected chi connectivity index (χ3v) is 4.62. The van der Waals surface area contributed by atoms with E-state index in [4.69, 9.17) is 9.15 Å². The highest BCUT2D eigenvalue weighted by Gasteiger charge is 2.19. The minimum Gasteiger partial charge on any atom is -0.454 e. The van der Waals surface area contributed by atoms with Gasteiger partial charge in [0.15, 0.2) is 6.61 Å². The highest BCUT2D eigenvalue weighted by Crippen LogP contribution is 2.23. The fraction of sp³-hybridized carbons (Fsp3) is 0.200. The Kier molecular flexibility index (Phi) is 5.13. The molecule has 0 saturated heterocycles. The molecule has 6 heteroatoms. The molecule has 3 rings (SSSR count). The molecule has 0 atom stereocenters. The van der Waals surface area contributed by atoms with Gasteiger partial charge in [0, 0.05) is 27.1 Å². The van der Waals surface area contributed by atoms with E-state index in [1.807, 2.05) is 48.7 Å². The van der Waals surface area contributed by atoms with E-state index in [-0.39, 0.29) is 18.2 Å². The topological polar surface area (TPSA) is 61.4 Å². The molecule has 0 unspecified atom stereocenters. The second-order valence-electron chi connectivity index (χ2n) is 6.01. The molecule has 5 nitrogen and oxygen atoms in total. The number of aromatic nitrogens is 1. The predicted molar refractivity (Wildman–Crippen MR) is 101 cm³/mol. The molecular weight excluding hydrogens is 398 g/mol. The van der Waals surface area contributed by atoms with E-state index in [9.17, 15) is 9.59 Å².